The van der Waals surface area contributed by atoms with Crippen LogP contribution >= 0.6 is 37.2 Å². The van der Waals surface area contributed by atoms with Crippen LogP contribution < -0.4 is 5.73 Å². The molecular weight excluding hydrogens is 336 g/mol. The van der Waals surface area contributed by atoms with Crippen LogP contribution in [0.1, 0.15) is 5.56 Å². The van der Waals surface area contributed by atoms with E-state index in [0.717, 1.165) is 22.2 Å². The molecule has 1 aromatic heterocycles. The zero-order valence-electron chi connectivity index (χ0n) is 10.9. The highest BCUT2D eigenvalue weighted by molar-refractivity contribution is 5.86. The van der Waals surface area contributed by atoms with Gasteiger partial charge >= 0.3 is 0 Å². The normalized spacial score (nSPS) is 9.38. The maximum Gasteiger partial charge on any atom is 0.123 e. The molecule has 0 atom stereocenters. The summed E-state index contributed by atoms with van der Waals surface area (Å²) in [5.41, 5.74) is 8.48. The standard InChI is InChI=1S/C14H12FN3.3ClH/c15-12-3-1-10(2-4-12)9-18-14-6-5-13(16)7-11(14)8-17-18;;;/h1-8H,9,16H2;3*1H. The summed E-state index contributed by atoms with van der Waals surface area (Å²) < 4.78 is 14.7. The second-order valence-corrected chi connectivity index (χ2v) is 4.25. The maximum absolute atomic E-state index is 12.8. The van der Waals surface area contributed by atoms with Crippen molar-refractivity contribution in [2.45, 2.75) is 6.54 Å². The zero-order valence-corrected chi connectivity index (χ0v) is 13.3. The Morgan fingerprint density at radius 1 is 1.00 bits per heavy atom. The van der Waals surface area contributed by atoms with Gasteiger partial charge in [0.05, 0.1) is 18.3 Å². The van der Waals surface area contributed by atoms with E-state index in [-0.39, 0.29) is 43.0 Å². The predicted molar refractivity (Wildman–Crippen MR) is 91.4 cm³/mol. The Hall–Kier alpha value is -1.49. The van der Waals surface area contributed by atoms with Gasteiger partial charge < -0.3 is 5.73 Å². The Morgan fingerprint density at radius 3 is 2.33 bits per heavy atom. The van der Waals surface area contributed by atoms with Crippen LogP contribution in [0.15, 0.2) is 48.7 Å². The van der Waals surface area contributed by atoms with Crippen molar-refractivity contribution in [2.24, 2.45) is 0 Å². The van der Waals surface area contributed by atoms with Crippen molar-refractivity contribution in [3.05, 3.63) is 60.0 Å². The van der Waals surface area contributed by atoms with Gasteiger partial charge in [0.2, 0.25) is 0 Å². The van der Waals surface area contributed by atoms with Crippen molar-refractivity contribution in [3.8, 4) is 0 Å². The Kier molecular flexibility index (Phi) is 7.50. The minimum Gasteiger partial charge on any atom is -0.399 e. The minimum atomic E-state index is -0.225. The fourth-order valence-electron chi connectivity index (χ4n) is 1.99. The van der Waals surface area contributed by atoms with Crippen LogP contribution in [0.4, 0.5) is 10.1 Å². The summed E-state index contributed by atoms with van der Waals surface area (Å²) in [6.45, 7) is 0.619. The van der Waals surface area contributed by atoms with E-state index in [0.29, 0.717) is 6.54 Å². The highest BCUT2D eigenvalue weighted by Crippen LogP contribution is 2.18. The molecule has 3 rings (SSSR count). The van der Waals surface area contributed by atoms with Crippen molar-refractivity contribution in [1.29, 1.82) is 0 Å². The van der Waals surface area contributed by atoms with Gasteiger partial charge in [0, 0.05) is 11.1 Å². The fourth-order valence-corrected chi connectivity index (χ4v) is 1.99. The van der Waals surface area contributed by atoms with Crippen molar-refractivity contribution < 1.29 is 4.39 Å². The summed E-state index contributed by atoms with van der Waals surface area (Å²) in [4.78, 5) is 0. The van der Waals surface area contributed by atoms with Crippen molar-refractivity contribution in [3.63, 3.8) is 0 Å². The number of hydrogen-bond donors (Lipinski definition) is 1. The third kappa shape index (κ3) is 4.24. The lowest BCUT2D eigenvalue weighted by atomic mass is 10.2. The lowest BCUT2D eigenvalue weighted by molar-refractivity contribution is 0.625. The number of anilines is 1. The van der Waals surface area contributed by atoms with E-state index in [2.05, 4.69) is 5.10 Å². The smallest absolute Gasteiger partial charge is 0.123 e. The first-order chi connectivity index (χ1) is 8.72. The van der Waals surface area contributed by atoms with Crippen LogP contribution in [0.3, 0.4) is 0 Å². The maximum atomic E-state index is 12.8. The highest BCUT2D eigenvalue weighted by Gasteiger charge is 2.03. The quantitative estimate of drug-likeness (QED) is 0.708. The van der Waals surface area contributed by atoms with E-state index >= 15 is 0 Å². The van der Waals surface area contributed by atoms with E-state index in [9.17, 15) is 4.39 Å². The van der Waals surface area contributed by atoms with Crippen molar-refractivity contribution >= 4 is 53.8 Å². The third-order valence-corrected chi connectivity index (χ3v) is 2.91. The van der Waals surface area contributed by atoms with Crippen LogP contribution in [-0.4, -0.2) is 9.78 Å². The van der Waals surface area contributed by atoms with Crippen LogP contribution in [0, 0.1) is 5.82 Å². The monoisotopic (exact) mass is 349 g/mol. The number of nitrogens with zero attached hydrogens (tertiary/aromatic N) is 2. The molecule has 7 heteroatoms. The second-order valence-electron chi connectivity index (χ2n) is 4.25. The average Bonchev–Trinajstić information content (AvgIpc) is 2.74. The Labute approximate surface area is 140 Å². The first kappa shape index (κ1) is 19.5. The number of aromatic nitrogens is 2. The minimum absolute atomic E-state index is 0. The lowest BCUT2D eigenvalue weighted by Crippen LogP contribution is -2.01. The molecule has 21 heavy (non-hydrogen) atoms. The van der Waals surface area contributed by atoms with Gasteiger partial charge in [0.1, 0.15) is 5.82 Å². The largest absolute Gasteiger partial charge is 0.399 e. The van der Waals surface area contributed by atoms with Gasteiger partial charge in [0.25, 0.3) is 0 Å². The zero-order chi connectivity index (χ0) is 12.5. The third-order valence-electron chi connectivity index (χ3n) is 2.91. The topological polar surface area (TPSA) is 43.8 Å². The molecule has 0 aliphatic heterocycles. The number of rotatable bonds is 2. The predicted octanol–water partition coefficient (Wildman–Crippen LogP) is 4.07. The van der Waals surface area contributed by atoms with Crippen LogP contribution in [0.25, 0.3) is 10.9 Å². The van der Waals surface area contributed by atoms with Gasteiger partial charge in [-0.05, 0) is 35.9 Å². The summed E-state index contributed by atoms with van der Waals surface area (Å²) in [5, 5.41) is 5.33. The number of fused-ring (bicyclic) bond motifs is 1. The number of halogens is 4. The molecular formula is C14H15Cl3FN3. The molecule has 0 bridgehead atoms. The molecule has 0 radical (unpaired) electrons. The van der Waals surface area contributed by atoms with E-state index in [1.807, 2.05) is 22.9 Å². The summed E-state index contributed by atoms with van der Waals surface area (Å²) >= 11 is 0. The van der Waals surface area contributed by atoms with Gasteiger partial charge in [0.15, 0.2) is 0 Å². The molecule has 2 aromatic carbocycles. The first-order valence-electron chi connectivity index (χ1n) is 5.68. The SMILES string of the molecule is Cl.Cl.Cl.Nc1ccc2c(cnn2Cc2ccc(F)cc2)c1. The average molecular weight is 351 g/mol. The number of nitrogens with two attached hydrogens (primary N) is 1. The Morgan fingerprint density at radius 2 is 1.67 bits per heavy atom. The number of nitrogen functional groups attached to an aromatic ring is 1. The van der Waals surface area contributed by atoms with E-state index in [1.165, 1.54) is 12.1 Å². The van der Waals surface area contributed by atoms with Crippen LogP contribution in [0.2, 0.25) is 0 Å². The lowest BCUT2D eigenvalue weighted by Gasteiger charge is -2.04. The Balaban J connectivity index is 0.00000133. The molecule has 0 amide bonds. The van der Waals surface area contributed by atoms with Gasteiger partial charge in [-0.1, -0.05) is 12.1 Å². The van der Waals surface area contributed by atoms with Crippen molar-refractivity contribution in [2.75, 3.05) is 5.73 Å². The van der Waals surface area contributed by atoms with Gasteiger partial charge in [-0.2, -0.15) is 5.10 Å². The molecule has 0 aliphatic carbocycles. The van der Waals surface area contributed by atoms with E-state index in [4.69, 9.17) is 5.73 Å². The highest BCUT2D eigenvalue weighted by atomic mass is 35.5. The number of hydrogen-bond acceptors (Lipinski definition) is 2. The molecule has 2 N–H and O–H groups in total. The molecule has 1 heterocycles. The molecule has 0 fully saturated rings. The molecule has 0 saturated heterocycles. The summed E-state index contributed by atoms with van der Waals surface area (Å²) in [5.74, 6) is -0.225. The second kappa shape index (κ2) is 8.08. The molecule has 3 nitrogen and oxygen atoms in total. The van der Waals surface area contributed by atoms with Crippen LogP contribution in [0.5, 0.6) is 0 Å². The molecule has 0 unspecified atom stereocenters. The fraction of sp³-hybridized carbons (Fsp3) is 0.0714. The summed E-state index contributed by atoms with van der Waals surface area (Å²) in [6, 6.07) is 12.1. The van der Waals surface area contributed by atoms with E-state index in [1.54, 1.807) is 18.3 Å². The Bertz CT molecular complexity index is 698. The molecule has 3 aromatic rings. The molecule has 0 aliphatic rings. The van der Waals surface area contributed by atoms with Gasteiger partial charge in [-0.15, -0.1) is 37.2 Å². The van der Waals surface area contributed by atoms with E-state index < -0.39 is 0 Å². The summed E-state index contributed by atoms with van der Waals surface area (Å²) in [7, 11) is 0. The molecule has 114 valence electrons. The summed E-state index contributed by atoms with van der Waals surface area (Å²) in [6.07, 6.45) is 1.79. The van der Waals surface area contributed by atoms with Crippen molar-refractivity contribution in [1.82, 2.24) is 9.78 Å². The van der Waals surface area contributed by atoms with Gasteiger partial charge in [-0.25, -0.2) is 4.39 Å². The van der Waals surface area contributed by atoms with Gasteiger partial charge in [-0.3, -0.25) is 4.68 Å². The van der Waals surface area contributed by atoms with Crippen LogP contribution in [-0.2, 0) is 6.54 Å². The first-order valence-corrected chi connectivity index (χ1v) is 5.68. The molecule has 0 saturated carbocycles. The molecule has 0 spiro atoms. The number of benzene rings is 2.